The average Bonchev–Trinajstić information content (AvgIpc) is 2.57. The molecule has 5 nitrogen and oxygen atoms in total. The Labute approximate surface area is 70.8 Å². The molecule has 0 aliphatic rings. The number of aromatic nitrogens is 2. The Hall–Kier alpha value is -0.910. The van der Waals surface area contributed by atoms with Crippen molar-refractivity contribution in [3.05, 3.63) is 18.2 Å². The van der Waals surface area contributed by atoms with Crippen LogP contribution in [-0.4, -0.2) is 35.1 Å². The van der Waals surface area contributed by atoms with Crippen molar-refractivity contribution in [2.24, 2.45) is 0 Å². The molecule has 1 rings (SSSR count). The molecule has 1 aromatic rings. The third kappa shape index (κ3) is 3.00. The number of nitrogens with zero attached hydrogens (tertiary/aromatic N) is 1. The van der Waals surface area contributed by atoms with Gasteiger partial charge in [0.25, 0.3) is 0 Å². The van der Waals surface area contributed by atoms with Crippen molar-refractivity contribution in [2.75, 3.05) is 13.7 Å². The fourth-order valence-corrected chi connectivity index (χ4v) is 0.835. The van der Waals surface area contributed by atoms with Crippen molar-refractivity contribution >= 4 is 0 Å². The first kappa shape index (κ1) is 9.18. The maximum absolute atomic E-state index is 8.93. The smallest absolute Gasteiger partial charge is 0.213 e. The minimum absolute atomic E-state index is 0.650. The van der Waals surface area contributed by atoms with Gasteiger partial charge in [0, 0.05) is 32.0 Å². The van der Waals surface area contributed by atoms with Gasteiger partial charge >= 0.3 is 0 Å². The maximum atomic E-state index is 8.93. The molecule has 1 unspecified atom stereocenters. The lowest BCUT2D eigenvalue weighted by Crippen LogP contribution is -2.31. The molecule has 1 atom stereocenters. The minimum Gasteiger partial charge on any atom is -0.356 e. The van der Waals surface area contributed by atoms with Crippen LogP contribution in [0.1, 0.15) is 5.69 Å². The number of hydrogen-bond donors (Lipinski definition) is 3. The number of H-pyrrole nitrogens is 1. The highest BCUT2D eigenvalue weighted by Gasteiger charge is 1.98. The fourth-order valence-electron chi connectivity index (χ4n) is 0.835. The first-order valence-electron chi connectivity index (χ1n) is 3.74. The lowest BCUT2D eigenvalue weighted by Gasteiger charge is -2.08. The molecule has 12 heavy (non-hydrogen) atoms. The van der Waals surface area contributed by atoms with Gasteiger partial charge in [0.15, 0.2) is 0 Å². The van der Waals surface area contributed by atoms with Crippen molar-refractivity contribution in [3.63, 3.8) is 0 Å². The highest BCUT2D eigenvalue weighted by molar-refractivity contribution is 4.94. The molecule has 0 spiro atoms. The number of hydrogen-bond acceptors (Lipinski definition) is 4. The molecule has 0 aromatic carbocycles. The summed E-state index contributed by atoms with van der Waals surface area (Å²) in [4.78, 5) is 6.82. The van der Waals surface area contributed by atoms with Gasteiger partial charge in [0.2, 0.25) is 6.41 Å². The van der Waals surface area contributed by atoms with E-state index in [2.05, 4.69) is 20.0 Å². The topological polar surface area (TPSA) is 70.2 Å². The molecule has 5 heteroatoms. The SMILES string of the molecule is COC(O)NCCc1cnc[nH]1. The Morgan fingerprint density at radius 3 is 3.25 bits per heavy atom. The van der Waals surface area contributed by atoms with E-state index in [4.69, 9.17) is 5.11 Å². The van der Waals surface area contributed by atoms with Gasteiger partial charge in [-0.05, 0) is 0 Å². The minimum atomic E-state index is -0.882. The Morgan fingerprint density at radius 2 is 2.67 bits per heavy atom. The van der Waals surface area contributed by atoms with E-state index < -0.39 is 6.41 Å². The molecule has 0 radical (unpaired) electrons. The second-order valence-electron chi connectivity index (χ2n) is 2.37. The number of nitrogens with one attached hydrogen (secondary N) is 2. The molecule has 3 N–H and O–H groups in total. The summed E-state index contributed by atoms with van der Waals surface area (Å²) < 4.78 is 4.59. The van der Waals surface area contributed by atoms with Gasteiger partial charge in [-0.3, -0.25) is 5.32 Å². The molecule has 0 fully saturated rings. The van der Waals surface area contributed by atoms with Crippen LogP contribution in [0.2, 0.25) is 0 Å². The molecule has 0 saturated carbocycles. The number of ether oxygens (including phenoxy) is 1. The number of methoxy groups -OCH3 is 1. The summed E-state index contributed by atoms with van der Waals surface area (Å²) in [5.74, 6) is 0. The molecule has 0 aliphatic carbocycles. The van der Waals surface area contributed by atoms with Crippen molar-refractivity contribution in [2.45, 2.75) is 12.8 Å². The summed E-state index contributed by atoms with van der Waals surface area (Å²) in [5.41, 5.74) is 1.03. The second-order valence-corrected chi connectivity index (χ2v) is 2.37. The Morgan fingerprint density at radius 1 is 1.83 bits per heavy atom. The number of aromatic amines is 1. The molecule has 1 aromatic heterocycles. The van der Waals surface area contributed by atoms with Gasteiger partial charge in [-0.15, -0.1) is 0 Å². The lowest BCUT2D eigenvalue weighted by atomic mass is 10.3. The summed E-state index contributed by atoms with van der Waals surface area (Å²) in [6.07, 6.45) is 3.29. The van der Waals surface area contributed by atoms with Crippen molar-refractivity contribution in [1.29, 1.82) is 0 Å². The van der Waals surface area contributed by atoms with E-state index >= 15 is 0 Å². The Kier molecular flexibility index (Phi) is 3.72. The quantitative estimate of drug-likeness (QED) is 0.520. The standard InChI is InChI=1S/C7H13N3O2/c1-12-7(11)9-3-2-6-4-8-5-10-6/h4-5,7,9,11H,2-3H2,1H3,(H,8,10). The van der Waals surface area contributed by atoms with Crippen LogP contribution in [0.25, 0.3) is 0 Å². The average molecular weight is 171 g/mol. The van der Waals surface area contributed by atoms with Gasteiger partial charge in [0.1, 0.15) is 0 Å². The number of imidazole rings is 1. The molecule has 0 amide bonds. The fraction of sp³-hybridized carbons (Fsp3) is 0.571. The summed E-state index contributed by atoms with van der Waals surface area (Å²) >= 11 is 0. The van der Waals surface area contributed by atoms with Gasteiger partial charge < -0.3 is 14.8 Å². The first-order valence-corrected chi connectivity index (χ1v) is 3.74. The van der Waals surface area contributed by atoms with E-state index in [1.807, 2.05) is 0 Å². The second kappa shape index (κ2) is 4.87. The van der Waals surface area contributed by atoms with E-state index in [-0.39, 0.29) is 0 Å². The predicted molar refractivity (Wildman–Crippen MR) is 43.3 cm³/mol. The summed E-state index contributed by atoms with van der Waals surface area (Å²) in [7, 11) is 1.44. The zero-order valence-corrected chi connectivity index (χ0v) is 6.95. The summed E-state index contributed by atoms with van der Waals surface area (Å²) in [5, 5.41) is 11.7. The van der Waals surface area contributed by atoms with E-state index in [0.717, 1.165) is 12.1 Å². The third-order valence-electron chi connectivity index (χ3n) is 1.49. The van der Waals surface area contributed by atoms with Crippen molar-refractivity contribution < 1.29 is 9.84 Å². The number of aliphatic hydroxyl groups is 1. The zero-order chi connectivity index (χ0) is 8.81. The van der Waals surface area contributed by atoms with Crippen LogP contribution in [0.5, 0.6) is 0 Å². The molecule has 0 bridgehead atoms. The van der Waals surface area contributed by atoms with Gasteiger partial charge in [-0.2, -0.15) is 0 Å². The number of rotatable bonds is 5. The van der Waals surface area contributed by atoms with Gasteiger partial charge in [-0.25, -0.2) is 4.98 Å². The van der Waals surface area contributed by atoms with Crippen LogP contribution in [-0.2, 0) is 11.2 Å². The third-order valence-corrected chi connectivity index (χ3v) is 1.49. The first-order chi connectivity index (χ1) is 5.83. The summed E-state index contributed by atoms with van der Waals surface area (Å²) in [6.45, 7) is 0.650. The van der Waals surface area contributed by atoms with E-state index in [1.165, 1.54) is 7.11 Å². The monoisotopic (exact) mass is 171 g/mol. The maximum Gasteiger partial charge on any atom is 0.213 e. The highest BCUT2D eigenvalue weighted by Crippen LogP contribution is 1.90. The van der Waals surface area contributed by atoms with Crippen LogP contribution in [0.3, 0.4) is 0 Å². The highest BCUT2D eigenvalue weighted by atomic mass is 16.6. The largest absolute Gasteiger partial charge is 0.356 e. The Bertz CT molecular complexity index is 200. The zero-order valence-electron chi connectivity index (χ0n) is 6.95. The van der Waals surface area contributed by atoms with Crippen LogP contribution in [0.15, 0.2) is 12.5 Å². The molecule has 0 aliphatic heterocycles. The number of aliphatic hydroxyl groups excluding tert-OH is 1. The predicted octanol–water partition coefficient (Wildman–Crippen LogP) is -0.536. The van der Waals surface area contributed by atoms with Crippen LogP contribution in [0.4, 0.5) is 0 Å². The summed E-state index contributed by atoms with van der Waals surface area (Å²) in [6, 6.07) is 0. The van der Waals surface area contributed by atoms with E-state index in [0.29, 0.717) is 6.54 Å². The molecule has 68 valence electrons. The normalized spacial score (nSPS) is 13.2. The van der Waals surface area contributed by atoms with Gasteiger partial charge in [0.05, 0.1) is 6.33 Å². The van der Waals surface area contributed by atoms with E-state index in [1.54, 1.807) is 12.5 Å². The molecular formula is C7H13N3O2. The molecule has 1 heterocycles. The van der Waals surface area contributed by atoms with Crippen molar-refractivity contribution in [1.82, 2.24) is 15.3 Å². The van der Waals surface area contributed by atoms with Crippen LogP contribution in [0, 0.1) is 0 Å². The van der Waals surface area contributed by atoms with Crippen LogP contribution < -0.4 is 5.32 Å². The van der Waals surface area contributed by atoms with Gasteiger partial charge in [-0.1, -0.05) is 0 Å². The Balaban J connectivity index is 2.11. The van der Waals surface area contributed by atoms with Crippen molar-refractivity contribution in [3.8, 4) is 0 Å². The lowest BCUT2D eigenvalue weighted by molar-refractivity contribution is -0.0960. The van der Waals surface area contributed by atoms with E-state index in [9.17, 15) is 0 Å². The molecular weight excluding hydrogens is 158 g/mol. The van der Waals surface area contributed by atoms with Crippen LogP contribution >= 0.6 is 0 Å². The molecule has 0 saturated heterocycles.